The smallest absolute Gasteiger partial charge is 0.279 e. The molecule has 0 saturated heterocycles. The SMILES string of the molecule is Cc1cc(C)c(NC(=O)C[NH2+]Cc2cc(Cl)c3c(c2)OCCCO3)c(C)c1. The van der Waals surface area contributed by atoms with Crippen molar-refractivity contribution in [2.45, 2.75) is 33.7 Å². The standard InChI is InChI=1S/C21H25ClN2O3/c1-13-7-14(2)20(15(3)8-13)24-19(25)12-23-11-16-9-17(22)21-18(10-16)26-5-4-6-27-21/h7-10,23H,4-6,11-12H2,1-3H3,(H,24,25)/p+1. The average Bonchev–Trinajstić information content (AvgIpc) is 2.84. The minimum Gasteiger partial charge on any atom is -0.489 e. The summed E-state index contributed by atoms with van der Waals surface area (Å²) in [4.78, 5) is 12.3. The van der Waals surface area contributed by atoms with E-state index in [1.807, 2.05) is 31.3 Å². The highest BCUT2D eigenvalue weighted by Gasteiger charge is 2.16. The molecule has 0 bridgehead atoms. The van der Waals surface area contributed by atoms with Gasteiger partial charge in [0.15, 0.2) is 18.0 Å². The predicted octanol–water partition coefficient (Wildman–Crippen LogP) is 3.13. The Bertz CT molecular complexity index is 829. The van der Waals surface area contributed by atoms with E-state index in [9.17, 15) is 4.79 Å². The molecule has 144 valence electrons. The first-order valence-corrected chi connectivity index (χ1v) is 9.59. The number of nitrogens with one attached hydrogen (secondary N) is 1. The molecule has 1 aliphatic heterocycles. The van der Waals surface area contributed by atoms with Gasteiger partial charge in [0, 0.05) is 17.7 Å². The summed E-state index contributed by atoms with van der Waals surface area (Å²) in [7, 11) is 0. The molecule has 0 unspecified atom stereocenters. The molecule has 3 N–H and O–H groups in total. The molecular weight excluding hydrogens is 364 g/mol. The second-order valence-corrected chi connectivity index (χ2v) is 7.38. The van der Waals surface area contributed by atoms with Gasteiger partial charge in [0.1, 0.15) is 6.54 Å². The van der Waals surface area contributed by atoms with E-state index in [-0.39, 0.29) is 5.91 Å². The van der Waals surface area contributed by atoms with Gasteiger partial charge in [-0.05, 0) is 44.0 Å². The lowest BCUT2D eigenvalue weighted by Gasteiger charge is -2.13. The molecule has 6 heteroatoms. The molecule has 2 aromatic rings. The van der Waals surface area contributed by atoms with Crippen LogP contribution < -0.4 is 20.1 Å². The molecule has 0 atom stereocenters. The predicted molar refractivity (Wildman–Crippen MR) is 107 cm³/mol. The van der Waals surface area contributed by atoms with E-state index in [1.165, 1.54) is 5.56 Å². The van der Waals surface area contributed by atoms with Gasteiger partial charge in [-0.2, -0.15) is 0 Å². The van der Waals surface area contributed by atoms with Crippen molar-refractivity contribution in [2.75, 3.05) is 25.1 Å². The van der Waals surface area contributed by atoms with Crippen molar-refractivity contribution in [1.29, 1.82) is 0 Å². The number of carbonyl (C=O) groups excluding carboxylic acids is 1. The topological polar surface area (TPSA) is 64.2 Å². The van der Waals surface area contributed by atoms with Crippen molar-refractivity contribution in [1.82, 2.24) is 0 Å². The van der Waals surface area contributed by atoms with E-state index >= 15 is 0 Å². The first-order chi connectivity index (χ1) is 12.9. The highest BCUT2D eigenvalue weighted by atomic mass is 35.5. The van der Waals surface area contributed by atoms with Crippen LogP contribution in [0.3, 0.4) is 0 Å². The van der Waals surface area contributed by atoms with E-state index in [0.29, 0.717) is 42.8 Å². The summed E-state index contributed by atoms with van der Waals surface area (Å²) in [6.45, 7) is 8.27. The van der Waals surface area contributed by atoms with Gasteiger partial charge in [-0.3, -0.25) is 4.79 Å². The van der Waals surface area contributed by atoms with E-state index in [0.717, 1.165) is 28.8 Å². The second-order valence-electron chi connectivity index (χ2n) is 6.97. The summed E-state index contributed by atoms with van der Waals surface area (Å²) < 4.78 is 11.4. The lowest BCUT2D eigenvalue weighted by molar-refractivity contribution is -0.659. The minimum absolute atomic E-state index is 0.0227. The number of carbonyl (C=O) groups is 1. The molecule has 0 saturated carbocycles. The highest BCUT2D eigenvalue weighted by Crippen LogP contribution is 2.37. The van der Waals surface area contributed by atoms with E-state index in [2.05, 4.69) is 24.4 Å². The van der Waals surface area contributed by atoms with Crippen molar-refractivity contribution < 1.29 is 19.6 Å². The number of anilines is 1. The van der Waals surface area contributed by atoms with Gasteiger partial charge in [-0.15, -0.1) is 0 Å². The Hall–Kier alpha value is -2.24. The molecule has 1 amide bonds. The molecule has 3 rings (SSSR count). The van der Waals surface area contributed by atoms with Crippen LogP contribution in [0.4, 0.5) is 5.69 Å². The Morgan fingerprint density at radius 2 is 1.81 bits per heavy atom. The third-order valence-electron chi connectivity index (χ3n) is 4.51. The molecule has 1 aliphatic rings. The molecule has 0 aromatic heterocycles. The maximum Gasteiger partial charge on any atom is 0.279 e. The minimum atomic E-state index is -0.0227. The van der Waals surface area contributed by atoms with Gasteiger partial charge in [0.25, 0.3) is 5.91 Å². The highest BCUT2D eigenvalue weighted by molar-refractivity contribution is 6.32. The second kappa shape index (κ2) is 8.63. The van der Waals surface area contributed by atoms with Crippen LogP contribution in [0, 0.1) is 20.8 Å². The average molecular weight is 390 g/mol. The van der Waals surface area contributed by atoms with Crippen LogP contribution in [0.5, 0.6) is 11.5 Å². The zero-order chi connectivity index (χ0) is 19.4. The Morgan fingerprint density at radius 3 is 2.56 bits per heavy atom. The Labute approximate surface area is 165 Å². The summed E-state index contributed by atoms with van der Waals surface area (Å²) in [6, 6.07) is 7.96. The number of quaternary nitrogens is 1. The third-order valence-corrected chi connectivity index (χ3v) is 4.79. The van der Waals surface area contributed by atoms with Crippen LogP contribution in [0.2, 0.25) is 5.02 Å². The van der Waals surface area contributed by atoms with Crippen molar-refractivity contribution in [3.63, 3.8) is 0 Å². The zero-order valence-electron chi connectivity index (χ0n) is 16.0. The lowest BCUT2D eigenvalue weighted by atomic mass is 10.1. The number of ether oxygens (including phenoxy) is 2. The summed E-state index contributed by atoms with van der Waals surface area (Å²) >= 11 is 6.32. The Kier molecular flexibility index (Phi) is 6.24. The molecule has 0 radical (unpaired) electrons. The van der Waals surface area contributed by atoms with Gasteiger partial charge >= 0.3 is 0 Å². The number of nitrogens with two attached hydrogens (primary N) is 1. The van der Waals surface area contributed by atoms with Gasteiger partial charge in [0.2, 0.25) is 0 Å². The first kappa shape index (κ1) is 19.5. The summed E-state index contributed by atoms with van der Waals surface area (Å²) in [6.07, 6.45) is 0.838. The fourth-order valence-electron chi connectivity index (χ4n) is 3.34. The molecule has 2 aromatic carbocycles. The monoisotopic (exact) mass is 389 g/mol. The Morgan fingerprint density at radius 1 is 1.11 bits per heavy atom. The first-order valence-electron chi connectivity index (χ1n) is 9.21. The third kappa shape index (κ3) is 4.93. The van der Waals surface area contributed by atoms with E-state index in [4.69, 9.17) is 21.1 Å². The van der Waals surface area contributed by atoms with Gasteiger partial charge in [0.05, 0.1) is 18.2 Å². The number of fused-ring (bicyclic) bond motifs is 1. The summed E-state index contributed by atoms with van der Waals surface area (Å²) in [5.74, 6) is 1.27. The molecule has 27 heavy (non-hydrogen) atoms. The normalized spacial score (nSPS) is 13.2. The van der Waals surface area contributed by atoms with Crippen LogP contribution in [-0.2, 0) is 11.3 Å². The van der Waals surface area contributed by atoms with Crippen molar-refractivity contribution in [3.8, 4) is 11.5 Å². The Balaban J connectivity index is 1.58. The number of hydrogen-bond donors (Lipinski definition) is 2. The molecule has 1 heterocycles. The molecular formula is C21H26ClN2O3+. The van der Waals surface area contributed by atoms with Crippen LogP contribution in [0.25, 0.3) is 0 Å². The molecule has 0 fully saturated rings. The van der Waals surface area contributed by atoms with E-state index < -0.39 is 0 Å². The van der Waals surface area contributed by atoms with Gasteiger partial charge in [-0.1, -0.05) is 29.3 Å². The van der Waals surface area contributed by atoms with Gasteiger partial charge in [-0.25, -0.2) is 0 Å². The quantitative estimate of drug-likeness (QED) is 0.825. The van der Waals surface area contributed by atoms with Crippen LogP contribution >= 0.6 is 11.6 Å². The number of rotatable bonds is 5. The number of benzene rings is 2. The molecule has 0 spiro atoms. The van der Waals surface area contributed by atoms with Crippen molar-refractivity contribution in [2.24, 2.45) is 0 Å². The van der Waals surface area contributed by atoms with Crippen LogP contribution in [0.15, 0.2) is 24.3 Å². The fraction of sp³-hybridized carbons (Fsp3) is 0.381. The fourth-order valence-corrected chi connectivity index (χ4v) is 3.63. The zero-order valence-corrected chi connectivity index (χ0v) is 16.8. The lowest BCUT2D eigenvalue weighted by Crippen LogP contribution is -2.84. The largest absolute Gasteiger partial charge is 0.489 e. The summed E-state index contributed by atoms with van der Waals surface area (Å²) in [5.41, 5.74) is 5.25. The van der Waals surface area contributed by atoms with Crippen LogP contribution in [0.1, 0.15) is 28.7 Å². The van der Waals surface area contributed by atoms with Crippen molar-refractivity contribution >= 4 is 23.2 Å². The van der Waals surface area contributed by atoms with Crippen molar-refractivity contribution in [3.05, 3.63) is 51.5 Å². The number of amides is 1. The maximum absolute atomic E-state index is 12.3. The molecule has 5 nitrogen and oxygen atoms in total. The molecule has 0 aliphatic carbocycles. The number of hydrogen-bond acceptors (Lipinski definition) is 3. The van der Waals surface area contributed by atoms with Crippen LogP contribution in [-0.4, -0.2) is 25.7 Å². The number of halogens is 1. The maximum atomic E-state index is 12.3. The van der Waals surface area contributed by atoms with E-state index in [1.54, 1.807) is 0 Å². The number of aryl methyl sites for hydroxylation is 3. The summed E-state index contributed by atoms with van der Waals surface area (Å²) in [5, 5.41) is 5.52. The van der Waals surface area contributed by atoms with Gasteiger partial charge < -0.3 is 20.1 Å².